The standard InChI is InChI=1S/C9H11F3N6O3/c10-9(11,12)8(6(19)20)1-2-18(4-8)7(21)13-3-5-14-16-17-15-5/h1-4H2,(H,13,21)(H,19,20)(H,14,15,16,17). The van der Waals surface area contributed by atoms with Crippen LogP contribution in [0.25, 0.3) is 0 Å². The van der Waals surface area contributed by atoms with E-state index in [1.807, 2.05) is 0 Å². The number of urea groups is 1. The molecule has 0 radical (unpaired) electrons. The third kappa shape index (κ3) is 2.73. The molecule has 1 aliphatic heterocycles. The van der Waals surface area contributed by atoms with Crippen molar-refractivity contribution in [3.63, 3.8) is 0 Å². The number of nitrogens with zero attached hydrogens (tertiary/aromatic N) is 4. The Morgan fingerprint density at radius 1 is 1.48 bits per heavy atom. The molecular formula is C9H11F3N6O3. The van der Waals surface area contributed by atoms with Crippen LogP contribution >= 0.6 is 0 Å². The fourth-order valence-corrected chi connectivity index (χ4v) is 2.03. The van der Waals surface area contributed by atoms with Crippen LogP contribution in [-0.4, -0.2) is 61.9 Å². The van der Waals surface area contributed by atoms with Gasteiger partial charge in [-0.2, -0.15) is 18.4 Å². The van der Waals surface area contributed by atoms with Gasteiger partial charge in [-0.25, -0.2) is 4.79 Å². The summed E-state index contributed by atoms with van der Waals surface area (Å²) in [4.78, 5) is 23.5. The number of carbonyl (C=O) groups is 2. The minimum atomic E-state index is -4.93. The summed E-state index contributed by atoms with van der Waals surface area (Å²) in [6.45, 7) is -1.36. The molecule has 21 heavy (non-hydrogen) atoms. The molecule has 0 bridgehead atoms. The molecular weight excluding hydrogens is 297 g/mol. The summed E-state index contributed by atoms with van der Waals surface area (Å²) in [7, 11) is 0. The maximum Gasteiger partial charge on any atom is 0.406 e. The maximum atomic E-state index is 12.9. The van der Waals surface area contributed by atoms with Gasteiger partial charge in [-0.3, -0.25) is 4.79 Å². The number of aromatic amines is 1. The van der Waals surface area contributed by atoms with Gasteiger partial charge in [0, 0.05) is 13.1 Å². The molecule has 9 nitrogen and oxygen atoms in total. The fourth-order valence-electron chi connectivity index (χ4n) is 2.03. The third-order valence-corrected chi connectivity index (χ3v) is 3.30. The van der Waals surface area contributed by atoms with Crippen LogP contribution in [0.15, 0.2) is 0 Å². The number of carbonyl (C=O) groups excluding carboxylic acids is 1. The SMILES string of the molecule is O=C(NCc1nn[nH]n1)N1CCC(C(=O)O)(C(F)(F)F)C1. The number of nitrogens with one attached hydrogen (secondary N) is 2. The lowest BCUT2D eigenvalue weighted by Gasteiger charge is -2.27. The number of carboxylic acids is 1. The van der Waals surface area contributed by atoms with Crippen molar-refractivity contribution in [1.29, 1.82) is 0 Å². The molecule has 0 aliphatic carbocycles. The first-order chi connectivity index (χ1) is 9.76. The van der Waals surface area contributed by atoms with Gasteiger partial charge in [0.25, 0.3) is 0 Å². The van der Waals surface area contributed by atoms with Crippen LogP contribution < -0.4 is 5.32 Å². The first-order valence-electron chi connectivity index (χ1n) is 5.81. The van der Waals surface area contributed by atoms with Gasteiger partial charge in [-0.1, -0.05) is 5.21 Å². The van der Waals surface area contributed by atoms with E-state index in [2.05, 4.69) is 25.9 Å². The van der Waals surface area contributed by atoms with Crippen molar-refractivity contribution in [3.8, 4) is 0 Å². The van der Waals surface area contributed by atoms with E-state index in [4.69, 9.17) is 5.11 Å². The van der Waals surface area contributed by atoms with Gasteiger partial charge < -0.3 is 15.3 Å². The number of tetrazole rings is 1. The molecule has 0 saturated carbocycles. The molecule has 1 aromatic heterocycles. The summed E-state index contributed by atoms with van der Waals surface area (Å²) in [5.74, 6) is -1.83. The highest BCUT2D eigenvalue weighted by molar-refractivity contribution is 5.80. The molecule has 1 aromatic rings. The van der Waals surface area contributed by atoms with Crippen LogP contribution in [0.4, 0.5) is 18.0 Å². The first-order valence-corrected chi connectivity index (χ1v) is 5.81. The lowest BCUT2D eigenvalue weighted by atomic mass is 9.86. The van der Waals surface area contributed by atoms with Crippen LogP contribution in [0.2, 0.25) is 0 Å². The van der Waals surface area contributed by atoms with Gasteiger partial charge in [0.1, 0.15) is 0 Å². The molecule has 2 rings (SSSR count). The second-order valence-electron chi connectivity index (χ2n) is 4.54. The van der Waals surface area contributed by atoms with Gasteiger partial charge in [-0.15, -0.1) is 10.2 Å². The number of H-pyrrole nitrogens is 1. The number of rotatable bonds is 3. The topological polar surface area (TPSA) is 124 Å². The van der Waals surface area contributed by atoms with Gasteiger partial charge in [-0.05, 0) is 6.42 Å². The van der Waals surface area contributed by atoms with Gasteiger partial charge in [0.2, 0.25) is 0 Å². The van der Waals surface area contributed by atoms with E-state index >= 15 is 0 Å². The highest BCUT2D eigenvalue weighted by atomic mass is 19.4. The van der Waals surface area contributed by atoms with Crippen molar-refractivity contribution >= 4 is 12.0 Å². The lowest BCUT2D eigenvalue weighted by molar-refractivity contribution is -0.226. The zero-order valence-electron chi connectivity index (χ0n) is 10.5. The Balaban J connectivity index is 2.00. The van der Waals surface area contributed by atoms with E-state index in [9.17, 15) is 22.8 Å². The Kier molecular flexibility index (Phi) is 3.70. The van der Waals surface area contributed by atoms with Crippen LogP contribution in [0, 0.1) is 5.41 Å². The number of likely N-dealkylation sites (tertiary alicyclic amines) is 1. The van der Waals surface area contributed by atoms with Crippen LogP contribution in [0.3, 0.4) is 0 Å². The molecule has 1 atom stereocenters. The highest BCUT2D eigenvalue weighted by Crippen LogP contribution is 2.45. The number of carboxylic acid groups (broad SMARTS) is 1. The predicted molar refractivity (Wildman–Crippen MR) is 58.7 cm³/mol. The van der Waals surface area contributed by atoms with E-state index in [-0.39, 0.29) is 18.9 Å². The average molecular weight is 308 g/mol. The third-order valence-electron chi connectivity index (χ3n) is 3.30. The summed E-state index contributed by atoms with van der Waals surface area (Å²) in [5, 5.41) is 23.7. The molecule has 116 valence electrons. The van der Waals surface area contributed by atoms with Crippen LogP contribution in [0.1, 0.15) is 12.2 Å². The lowest BCUT2D eigenvalue weighted by Crippen LogP contribution is -2.49. The Labute approximate surface area is 115 Å². The molecule has 1 aliphatic rings. The minimum Gasteiger partial charge on any atom is -0.481 e. The van der Waals surface area contributed by atoms with Gasteiger partial charge in [0.15, 0.2) is 11.2 Å². The van der Waals surface area contributed by atoms with E-state index in [0.29, 0.717) is 0 Å². The van der Waals surface area contributed by atoms with Crippen LogP contribution in [-0.2, 0) is 11.3 Å². The summed E-state index contributed by atoms with van der Waals surface area (Å²) in [6.07, 6.45) is -5.61. The molecule has 12 heteroatoms. The van der Waals surface area contributed by atoms with Crippen molar-refractivity contribution in [2.45, 2.75) is 19.1 Å². The first kappa shape index (κ1) is 15.0. The monoisotopic (exact) mass is 308 g/mol. The van der Waals surface area contributed by atoms with E-state index in [1.54, 1.807) is 0 Å². The average Bonchev–Trinajstić information content (AvgIpc) is 3.04. The van der Waals surface area contributed by atoms with E-state index in [0.717, 1.165) is 4.90 Å². The molecule has 0 aromatic carbocycles. The maximum absolute atomic E-state index is 12.9. The van der Waals surface area contributed by atoms with Crippen LogP contribution in [0.5, 0.6) is 0 Å². The van der Waals surface area contributed by atoms with Crippen molar-refractivity contribution in [2.24, 2.45) is 5.41 Å². The zero-order valence-corrected chi connectivity index (χ0v) is 10.5. The second kappa shape index (κ2) is 5.18. The quantitative estimate of drug-likeness (QED) is 0.707. The summed E-state index contributed by atoms with van der Waals surface area (Å²) < 4.78 is 38.8. The normalized spacial score (nSPS) is 22.3. The summed E-state index contributed by atoms with van der Waals surface area (Å²) >= 11 is 0. The van der Waals surface area contributed by atoms with Gasteiger partial charge in [0.05, 0.1) is 6.54 Å². The molecule has 1 fully saturated rings. The van der Waals surface area contributed by atoms with Crippen molar-refractivity contribution in [3.05, 3.63) is 5.82 Å². The Hall–Kier alpha value is -2.40. The summed E-state index contributed by atoms with van der Waals surface area (Å²) in [5.41, 5.74) is -2.92. The summed E-state index contributed by atoms with van der Waals surface area (Å²) in [6, 6.07) is -0.813. The van der Waals surface area contributed by atoms with E-state index < -0.39 is 36.6 Å². The second-order valence-corrected chi connectivity index (χ2v) is 4.54. The Morgan fingerprint density at radius 2 is 2.19 bits per heavy atom. The number of aliphatic carboxylic acids is 1. The number of alkyl halides is 3. The predicted octanol–water partition coefficient (Wildman–Crippen LogP) is -0.252. The van der Waals surface area contributed by atoms with E-state index in [1.165, 1.54) is 0 Å². The number of halogens is 3. The Bertz CT molecular complexity index is 533. The smallest absolute Gasteiger partial charge is 0.406 e. The minimum absolute atomic E-state index is 0.127. The van der Waals surface area contributed by atoms with Crippen molar-refractivity contribution < 1.29 is 27.9 Å². The number of amides is 2. The highest BCUT2D eigenvalue weighted by Gasteiger charge is 2.64. The fraction of sp³-hybridized carbons (Fsp3) is 0.667. The van der Waals surface area contributed by atoms with Crippen molar-refractivity contribution in [1.82, 2.24) is 30.8 Å². The number of hydrogen-bond donors (Lipinski definition) is 3. The molecule has 0 spiro atoms. The van der Waals surface area contributed by atoms with Gasteiger partial charge >= 0.3 is 18.2 Å². The zero-order chi connectivity index (χ0) is 15.7. The largest absolute Gasteiger partial charge is 0.481 e. The molecule has 3 N–H and O–H groups in total. The van der Waals surface area contributed by atoms with Crippen molar-refractivity contribution in [2.75, 3.05) is 13.1 Å². The Morgan fingerprint density at radius 3 is 2.67 bits per heavy atom. The molecule has 1 saturated heterocycles. The molecule has 2 heterocycles. The molecule has 2 amide bonds. The molecule has 1 unspecified atom stereocenters. The number of aromatic nitrogens is 4. The number of hydrogen-bond acceptors (Lipinski definition) is 5.